The van der Waals surface area contributed by atoms with E-state index in [-0.39, 0.29) is 18.4 Å². The van der Waals surface area contributed by atoms with Crippen LogP contribution in [-0.4, -0.2) is 18.9 Å². The first-order valence-electron chi connectivity index (χ1n) is 7.74. The van der Waals surface area contributed by atoms with E-state index in [2.05, 4.69) is 10.6 Å². The molecule has 0 aliphatic rings. The molecular formula is C19H17F3N2O2. The normalized spacial score (nSPS) is 11.4. The van der Waals surface area contributed by atoms with Gasteiger partial charge < -0.3 is 10.6 Å². The molecule has 0 aliphatic carbocycles. The van der Waals surface area contributed by atoms with Crippen molar-refractivity contribution in [3.8, 4) is 0 Å². The van der Waals surface area contributed by atoms with E-state index in [1.165, 1.54) is 24.3 Å². The van der Waals surface area contributed by atoms with Crippen LogP contribution >= 0.6 is 0 Å². The molecular weight excluding hydrogens is 345 g/mol. The van der Waals surface area contributed by atoms with Crippen LogP contribution in [0.4, 0.5) is 13.2 Å². The van der Waals surface area contributed by atoms with Crippen LogP contribution in [0, 0.1) is 0 Å². The van der Waals surface area contributed by atoms with Gasteiger partial charge in [-0.2, -0.15) is 13.2 Å². The van der Waals surface area contributed by atoms with Crippen molar-refractivity contribution >= 4 is 17.9 Å². The molecule has 0 heterocycles. The molecule has 0 saturated heterocycles. The van der Waals surface area contributed by atoms with E-state index in [1.807, 2.05) is 0 Å². The first kappa shape index (κ1) is 19.2. The molecule has 0 atom stereocenters. The van der Waals surface area contributed by atoms with Gasteiger partial charge in [-0.05, 0) is 41.5 Å². The number of nitrogens with one attached hydrogen (secondary N) is 2. The molecule has 0 unspecified atom stereocenters. The topological polar surface area (TPSA) is 58.2 Å². The zero-order valence-corrected chi connectivity index (χ0v) is 13.9. The number of amides is 2. The lowest BCUT2D eigenvalue weighted by Crippen LogP contribution is -2.20. The summed E-state index contributed by atoms with van der Waals surface area (Å²) >= 11 is 0. The molecule has 0 bridgehead atoms. The minimum absolute atomic E-state index is 0.194. The molecule has 0 aromatic heterocycles. The Morgan fingerprint density at radius 2 is 1.62 bits per heavy atom. The SMILES string of the molecule is CNC(=O)c1ccc(CNC(=O)/C=C/c2ccc(C(F)(F)F)cc2)cc1. The van der Waals surface area contributed by atoms with Gasteiger partial charge in [-0.15, -0.1) is 0 Å². The van der Waals surface area contributed by atoms with Gasteiger partial charge in [0.15, 0.2) is 0 Å². The summed E-state index contributed by atoms with van der Waals surface area (Å²) in [6, 6.07) is 11.3. The molecule has 2 rings (SSSR count). The molecule has 4 nitrogen and oxygen atoms in total. The van der Waals surface area contributed by atoms with Gasteiger partial charge in [-0.3, -0.25) is 9.59 Å². The van der Waals surface area contributed by atoms with Crippen molar-refractivity contribution in [2.45, 2.75) is 12.7 Å². The van der Waals surface area contributed by atoms with Crippen LogP contribution in [0.5, 0.6) is 0 Å². The highest BCUT2D eigenvalue weighted by atomic mass is 19.4. The van der Waals surface area contributed by atoms with Crippen molar-refractivity contribution in [1.29, 1.82) is 0 Å². The maximum Gasteiger partial charge on any atom is 0.416 e. The van der Waals surface area contributed by atoms with Crippen LogP contribution in [0.3, 0.4) is 0 Å². The van der Waals surface area contributed by atoms with E-state index >= 15 is 0 Å². The van der Waals surface area contributed by atoms with Gasteiger partial charge in [-0.1, -0.05) is 24.3 Å². The Bertz CT molecular complexity index is 795. The second-order valence-electron chi connectivity index (χ2n) is 5.45. The largest absolute Gasteiger partial charge is 0.416 e. The lowest BCUT2D eigenvalue weighted by molar-refractivity contribution is -0.137. The van der Waals surface area contributed by atoms with Crippen LogP contribution in [0.25, 0.3) is 6.08 Å². The maximum atomic E-state index is 12.5. The van der Waals surface area contributed by atoms with Crippen LogP contribution in [-0.2, 0) is 17.5 Å². The lowest BCUT2D eigenvalue weighted by atomic mass is 10.1. The Morgan fingerprint density at radius 3 is 2.15 bits per heavy atom. The smallest absolute Gasteiger partial charge is 0.355 e. The molecule has 0 aliphatic heterocycles. The molecule has 136 valence electrons. The van der Waals surface area contributed by atoms with Crippen molar-refractivity contribution in [2.24, 2.45) is 0 Å². The number of hydrogen-bond acceptors (Lipinski definition) is 2. The van der Waals surface area contributed by atoms with Crippen LogP contribution in [0.2, 0.25) is 0 Å². The monoisotopic (exact) mass is 362 g/mol. The molecule has 26 heavy (non-hydrogen) atoms. The summed E-state index contributed by atoms with van der Waals surface area (Å²) in [5, 5.41) is 5.18. The van der Waals surface area contributed by atoms with Gasteiger partial charge in [0, 0.05) is 25.2 Å². The molecule has 0 fully saturated rings. The summed E-state index contributed by atoms with van der Waals surface area (Å²) in [7, 11) is 1.54. The summed E-state index contributed by atoms with van der Waals surface area (Å²) in [5.74, 6) is -0.569. The fraction of sp³-hybridized carbons (Fsp3) is 0.158. The number of carbonyl (C=O) groups excluding carboxylic acids is 2. The summed E-state index contributed by atoms with van der Waals surface area (Å²) in [5.41, 5.74) is 1.08. The first-order valence-corrected chi connectivity index (χ1v) is 7.74. The number of halogens is 3. The molecule has 7 heteroatoms. The van der Waals surface area contributed by atoms with Crippen molar-refractivity contribution in [1.82, 2.24) is 10.6 Å². The summed E-state index contributed by atoms with van der Waals surface area (Å²) < 4.78 is 37.4. The van der Waals surface area contributed by atoms with Crippen molar-refractivity contribution in [3.05, 3.63) is 76.9 Å². The van der Waals surface area contributed by atoms with E-state index in [0.29, 0.717) is 11.1 Å². The van der Waals surface area contributed by atoms with E-state index in [1.54, 1.807) is 31.3 Å². The third kappa shape index (κ3) is 5.47. The zero-order valence-electron chi connectivity index (χ0n) is 13.9. The Kier molecular flexibility index (Phi) is 6.16. The highest BCUT2D eigenvalue weighted by Crippen LogP contribution is 2.29. The lowest BCUT2D eigenvalue weighted by Gasteiger charge is -2.06. The van der Waals surface area contributed by atoms with E-state index < -0.39 is 11.7 Å². The summed E-state index contributed by atoms with van der Waals surface area (Å²) in [6.07, 6.45) is -1.70. The Morgan fingerprint density at radius 1 is 1.00 bits per heavy atom. The third-order valence-corrected chi connectivity index (χ3v) is 3.58. The second kappa shape index (κ2) is 8.33. The van der Waals surface area contributed by atoms with Gasteiger partial charge in [0.2, 0.25) is 5.91 Å². The summed E-state index contributed by atoms with van der Waals surface area (Å²) in [6.45, 7) is 0.268. The third-order valence-electron chi connectivity index (χ3n) is 3.58. The van der Waals surface area contributed by atoms with Gasteiger partial charge in [0.1, 0.15) is 0 Å². The fourth-order valence-corrected chi connectivity index (χ4v) is 2.12. The molecule has 0 saturated carbocycles. The molecule has 0 spiro atoms. The van der Waals surface area contributed by atoms with Crippen LogP contribution < -0.4 is 10.6 Å². The molecule has 2 aromatic rings. The van der Waals surface area contributed by atoms with E-state index in [4.69, 9.17) is 0 Å². The average Bonchev–Trinajstić information content (AvgIpc) is 2.64. The Labute approximate surface area is 148 Å². The van der Waals surface area contributed by atoms with E-state index in [9.17, 15) is 22.8 Å². The predicted molar refractivity (Wildman–Crippen MR) is 92.2 cm³/mol. The Hall–Kier alpha value is -3.09. The number of rotatable bonds is 5. The van der Waals surface area contributed by atoms with Crippen molar-refractivity contribution < 1.29 is 22.8 Å². The van der Waals surface area contributed by atoms with E-state index in [0.717, 1.165) is 17.7 Å². The van der Waals surface area contributed by atoms with Gasteiger partial charge in [0.05, 0.1) is 5.56 Å². The number of benzene rings is 2. The minimum Gasteiger partial charge on any atom is -0.355 e. The highest BCUT2D eigenvalue weighted by molar-refractivity contribution is 5.94. The standard InChI is InChI=1S/C19H17F3N2O2/c1-23-18(26)15-7-2-14(3-8-15)12-24-17(25)11-6-13-4-9-16(10-5-13)19(20,21)22/h2-11H,12H2,1H3,(H,23,26)(H,24,25)/b11-6+. The molecule has 2 N–H and O–H groups in total. The van der Waals surface area contributed by atoms with Crippen molar-refractivity contribution in [3.63, 3.8) is 0 Å². The first-order chi connectivity index (χ1) is 12.3. The molecule has 2 amide bonds. The van der Waals surface area contributed by atoms with Crippen LogP contribution in [0.1, 0.15) is 27.0 Å². The fourth-order valence-electron chi connectivity index (χ4n) is 2.12. The van der Waals surface area contributed by atoms with Gasteiger partial charge >= 0.3 is 6.18 Å². The van der Waals surface area contributed by atoms with Gasteiger partial charge in [0.25, 0.3) is 5.91 Å². The summed E-state index contributed by atoms with van der Waals surface area (Å²) in [4.78, 5) is 23.2. The molecule has 2 aromatic carbocycles. The Balaban J connectivity index is 1.88. The van der Waals surface area contributed by atoms with Gasteiger partial charge in [-0.25, -0.2) is 0 Å². The zero-order chi connectivity index (χ0) is 19.2. The number of carbonyl (C=O) groups is 2. The highest BCUT2D eigenvalue weighted by Gasteiger charge is 2.29. The predicted octanol–water partition coefficient (Wildman–Crippen LogP) is 3.39. The van der Waals surface area contributed by atoms with Crippen molar-refractivity contribution in [2.75, 3.05) is 7.05 Å². The molecule has 0 radical (unpaired) electrons. The second-order valence-corrected chi connectivity index (χ2v) is 5.45. The minimum atomic E-state index is -4.38. The average molecular weight is 362 g/mol. The quantitative estimate of drug-likeness (QED) is 0.801. The number of alkyl halides is 3. The number of hydrogen-bond donors (Lipinski definition) is 2. The van der Waals surface area contributed by atoms with Crippen LogP contribution in [0.15, 0.2) is 54.6 Å². The maximum absolute atomic E-state index is 12.5.